The molecule has 0 rings (SSSR count). The molecule has 1 N–H and O–H groups in total. The second kappa shape index (κ2) is 5.12. The minimum atomic E-state index is -0.586. The summed E-state index contributed by atoms with van der Waals surface area (Å²) in [5.74, 6) is -0.697. The largest absolute Gasteiger partial charge is 0.467 e. The van der Waals surface area contributed by atoms with Crippen molar-refractivity contribution >= 4 is 27.8 Å². The molecule has 64 valence electrons. The van der Waals surface area contributed by atoms with Crippen molar-refractivity contribution in [3.05, 3.63) is 0 Å². The average molecular weight is 224 g/mol. The Labute approximate surface area is 73.4 Å². The van der Waals surface area contributed by atoms with Gasteiger partial charge < -0.3 is 10.1 Å². The van der Waals surface area contributed by atoms with Crippen LogP contribution in [0.5, 0.6) is 0 Å². The van der Waals surface area contributed by atoms with E-state index in [0.717, 1.165) is 0 Å². The lowest BCUT2D eigenvalue weighted by atomic mass is 10.3. The Balaban J connectivity index is 3.94. The fraction of sp³-hybridized carbons (Fsp3) is 0.667. The van der Waals surface area contributed by atoms with Crippen LogP contribution < -0.4 is 5.32 Å². The number of methoxy groups -OCH3 is 1. The standard InChI is InChI=1S/C6H10BrNO3/c1-4(9)8-5(3-7)6(10)11-2/h5H,3H2,1-2H3,(H,8,9). The van der Waals surface area contributed by atoms with Gasteiger partial charge in [0.25, 0.3) is 0 Å². The normalized spacial score (nSPS) is 11.9. The first-order valence-corrected chi connectivity index (χ1v) is 4.14. The number of carbonyl (C=O) groups excluding carboxylic acids is 2. The van der Waals surface area contributed by atoms with Crippen molar-refractivity contribution in [2.45, 2.75) is 13.0 Å². The van der Waals surface area contributed by atoms with Crippen LogP contribution in [0.3, 0.4) is 0 Å². The van der Waals surface area contributed by atoms with Gasteiger partial charge in [-0.1, -0.05) is 15.9 Å². The molecule has 0 aromatic heterocycles. The number of halogens is 1. The monoisotopic (exact) mass is 223 g/mol. The van der Waals surface area contributed by atoms with Crippen molar-refractivity contribution in [3.63, 3.8) is 0 Å². The summed E-state index contributed by atoms with van der Waals surface area (Å²) in [5, 5.41) is 2.78. The molecule has 4 nitrogen and oxygen atoms in total. The zero-order valence-corrected chi connectivity index (χ0v) is 7.97. The van der Waals surface area contributed by atoms with Crippen LogP contribution in [0.25, 0.3) is 0 Å². The summed E-state index contributed by atoms with van der Waals surface area (Å²) in [6.07, 6.45) is 0. The first kappa shape index (κ1) is 10.4. The number of amides is 1. The van der Waals surface area contributed by atoms with E-state index in [9.17, 15) is 9.59 Å². The van der Waals surface area contributed by atoms with Crippen LogP contribution >= 0.6 is 15.9 Å². The smallest absolute Gasteiger partial charge is 0.329 e. The highest BCUT2D eigenvalue weighted by molar-refractivity contribution is 9.09. The predicted octanol–water partition coefficient (Wildman–Crippen LogP) is 0.0590. The van der Waals surface area contributed by atoms with E-state index in [1.54, 1.807) is 0 Å². The molecule has 0 saturated carbocycles. The topological polar surface area (TPSA) is 55.4 Å². The molecule has 11 heavy (non-hydrogen) atoms. The minimum Gasteiger partial charge on any atom is -0.467 e. The van der Waals surface area contributed by atoms with Crippen LogP contribution in [0.1, 0.15) is 6.92 Å². The lowest BCUT2D eigenvalue weighted by molar-refractivity contribution is -0.144. The van der Waals surface area contributed by atoms with E-state index in [2.05, 4.69) is 26.0 Å². The molecule has 0 aromatic rings. The van der Waals surface area contributed by atoms with Gasteiger partial charge in [0.1, 0.15) is 6.04 Å². The first-order chi connectivity index (χ1) is 5.11. The lowest BCUT2D eigenvalue weighted by Gasteiger charge is -2.11. The highest BCUT2D eigenvalue weighted by Gasteiger charge is 2.17. The van der Waals surface area contributed by atoms with E-state index in [1.807, 2.05) is 0 Å². The van der Waals surface area contributed by atoms with Gasteiger partial charge in [-0.15, -0.1) is 0 Å². The van der Waals surface area contributed by atoms with Crippen molar-refractivity contribution in [1.29, 1.82) is 0 Å². The third-order valence-corrected chi connectivity index (χ3v) is 1.66. The summed E-state index contributed by atoms with van der Waals surface area (Å²) in [4.78, 5) is 21.3. The number of carbonyl (C=O) groups is 2. The Morgan fingerprint density at radius 2 is 2.18 bits per heavy atom. The van der Waals surface area contributed by atoms with Gasteiger partial charge in [0.15, 0.2) is 0 Å². The molecule has 0 fully saturated rings. The number of hydrogen-bond acceptors (Lipinski definition) is 3. The average Bonchev–Trinajstić information content (AvgIpc) is 1.98. The quantitative estimate of drug-likeness (QED) is 0.544. The number of rotatable bonds is 3. The van der Waals surface area contributed by atoms with E-state index < -0.39 is 12.0 Å². The number of esters is 1. The third kappa shape index (κ3) is 3.98. The second-order valence-electron chi connectivity index (χ2n) is 1.93. The van der Waals surface area contributed by atoms with Crippen molar-refractivity contribution in [3.8, 4) is 0 Å². The van der Waals surface area contributed by atoms with Gasteiger partial charge in [0.2, 0.25) is 5.91 Å². The van der Waals surface area contributed by atoms with Gasteiger partial charge in [-0.25, -0.2) is 4.79 Å². The van der Waals surface area contributed by atoms with Crippen molar-refractivity contribution in [1.82, 2.24) is 5.32 Å². The summed E-state index contributed by atoms with van der Waals surface area (Å²) in [5.41, 5.74) is 0. The Morgan fingerprint density at radius 3 is 2.45 bits per heavy atom. The number of ether oxygens (including phenoxy) is 1. The van der Waals surface area contributed by atoms with Crippen LogP contribution in [0.4, 0.5) is 0 Å². The molecule has 0 bridgehead atoms. The summed E-state index contributed by atoms with van der Waals surface area (Å²) in [6, 6.07) is -0.586. The molecule has 1 atom stereocenters. The van der Waals surface area contributed by atoms with Crippen LogP contribution in [0, 0.1) is 0 Å². The minimum absolute atomic E-state index is 0.250. The number of hydrogen-bond donors (Lipinski definition) is 1. The fourth-order valence-corrected chi connectivity index (χ4v) is 0.974. The number of alkyl halides is 1. The molecule has 0 aliphatic rings. The summed E-state index contributed by atoms with van der Waals surface area (Å²) in [7, 11) is 1.28. The highest BCUT2D eigenvalue weighted by atomic mass is 79.9. The van der Waals surface area contributed by atoms with E-state index >= 15 is 0 Å². The van der Waals surface area contributed by atoms with Crippen molar-refractivity contribution < 1.29 is 14.3 Å². The molecule has 0 heterocycles. The molecule has 1 unspecified atom stereocenters. The van der Waals surface area contributed by atoms with Gasteiger partial charge in [-0.05, 0) is 0 Å². The highest BCUT2D eigenvalue weighted by Crippen LogP contribution is 1.93. The maximum absolute atomic E-state index is 10.8. The van der Waals surface area contributed by atoms with Gasteiger partial charge in [0, 0.05) is 12.3 Å². The van der Waals surface area contributed by atoms with Gasteiger partial charge in [-0.2, -0.15) is 0 Å². The Kier molecular flexibility index (Phi) is 4.85. The molecular formula is C6H10BrNO3. The Bertz CT molecular complexity index is 160. The molecule has 0 radical (unpaired) electrons. The molecule has 0 saturated heterocycles. The van der Waals surface area contributed by atoms with E-state index in [1.165, 1.54) is 14.0 Å². The van der Waals surface area contributed by atoms with Crippen LogP contribution in [-0.4, -0.2) is 30.4 Å². The van der Waals surface area contributed by atoms with Crippen LogP contribution in [0.15, 0.2) is 0 Å². The molecule has 0 aliphatic carbocycles. The molecule has 1 amide bonds. The molecular weight excluding hydrogens is 214 g/mol. The zero-order chi connectivity index (χ0) is 8.85. The van der Waals surface area contributed by atoms with Gasteiger partial charge in [-0.3, -0.25) is 4.79 Å². The Hall–Kier alpha value is -0.580. The summed E-state index contributed by atoms with van der Waals surface area (Å²) < 4.78 is 4.42. The Morgan fingerprint density at radius 1 is 1.64 bits per heavy atom. The van der Waals surface area contributed by atoms with E-state index in [-0.39, 0.29) is 5.91 Å². The van der Waals surface area contributed by atoms with E-state index in [0.29, 0.717) is 5.33 Å². The van der Waals surface area contributed by atoms with Crippen molar-refractivity contribution in [2.24, 2.45) is 0 Å². The number of nitrogens with one attached hydrogen (secondary N) is 1. The molecule has 0 aromatic carbocycles. The maximum Gasteiger partial charge on any atom is 0.329 e. The predicted molar refractivity (Wildman–Crippen MR) is 43.4 cm³/mol. The van der Waals surface area contributed by atoms with E-state index in [4.69, 9.17) is 0 Å². The van der Waals surface area contributed by atoms with Gasteiger partial charge >= 0.3 is 5.97 Å². The zero-order valence-electron chi connectivity index (χ0n) is 6.39. The van der Waals surface area contributed by atoms with Crippen LogP contribution in [-0.2, 0) is 14.3 Å². The molecule has 5 heteroatoms. The van der Waals surface area contributed by atoms with Gasteiger partial charge in [0.05, 0.1) is 7.11 Å². The lowest BCUT2D eigenvalue weighted by Crippen LogP contribution is -2.41. The first-order valence-electron chi connectivity index (χ1n) is 3.02. The maximum atomic E-state index is 10.8. The molecule has 0 aliphatic heterocycles. The third-order valence-electron chi connectivity index (χ3n) is 1.02. The van der Waals surface area contributed by atoms with Crippen molar-refractivity contribution in [2.75, 3.05) is 12.4 Å². The summed E-state index contributed by atoms with van der Waals surface area (Å²) in [6.45, 7) is 1.35. The SMILES string of the molecule is COC(=O)C(CBr)NC(C)=O. The van der Waals surface area contributed by atoms with Crippen LogP contribution in [0.2, 0.25) is 0 Å². The molecule has 0 spiro atoms. The summed E-state index contributed by atoms with van der Waals surface area (Å²) >= 11 is 3.07. The fourth-order valence-electron chi connectivity index (χ4n) is 0.548. The second-order valence-corrected chi connectivity index (χ2v) is 2.58.